The Morgan fingerprint density at radius 3 is 2.39 bits per heavy atom. The van der Waals surface area contributed by atoms with Crippen molar-refractivity contribution in [1.82, 2.24) is 10.2 Å². The van der Waals surface area contributed by atoms with E-state index in [1.54, 1.807) is 12.1 Å². The number of hydrogen-bond donors (Lipinski definition) is 2. The first-order chi connectivity index (χ1) is 19.4. The van der Waals surface area contributed by atoms with E-state index in [4.69, 9.17) is 25.9 Å². The van der Waals surface area contributed by atoms with Crippen LogP contribution in [0.1, 0.15) is 84.1 Å². The van der Waals surface area contributed by atoms with Gasteiger partial charge in [0.15, 0.2) is 5.60 Å². The second-order valence-electron chi connectivity index (χ2n) is 12.6. The minimum atomic E-state index is -1.13. The molecule has 0 radical (unpaired) electrons. The summed E-state index contributed by atoms with van der Waals surface area (Å²) >= 11 is 6.36. The van der Waals surface area contributed by atoms with Crippen molar-refractivity contribution in [3.8, 4) is 11.5 Å². The predicted molar refractivity (Wildman–Crippen MR) is 154 cm³/mol. The molecule has 0 bridgehead atoms. The highest BCUT2D eigenvalue weighted by Crippen LogP contribution is 2.42. The Balaban J connectivity index is 1.52. The van der Waals surface area contributed by atoms with Gasteiger partial charge in [-0.15, -0.1) is 0 Å². The van der Waals surface area contributed by atoms with Crippen LogP contribution in [0.25, 0.3) is 0 Å². The molecule has 4 rings (SSSR count). The maximum atomic E-state index is 14.0. The summed E-state index contributed by atoms with van der Waals surface area (Å²) in [6.07, 6.45) is 7.35. The van der Waals surface area contributed by atoms with E-state index in [0.717, 1.165) is 25.7 Å². The zero-order valence-electron chi connectivity index (χ0n) is 24.6. The lowest BCUT2D eigenvalue weighted by molar-refractivity contribution is -0.150. The molecule has 2 heterocycles. The molecule has 41 heavy (non-hydrogen) atoms. The molecule has 0 aromatic heterocycles. The van der Waals surface area contributed by atoms with Gasteiger partial charge in [0.1, 0.15) is 23.6 Å². The van der Waals surface area contributed by atoms with E-state index in [1.807, 2.05) is 20.8 Å². The van der Waals surface area contributed by atoms with Crippen LogP contribution in [0.5, 0.6) is 11.5 Å². The Bertz CT molecular complexity index is 1190. The fourth-order valence-electron chi connectivity index (χ4n) is 6.21. The van der Waals surface area contributed by atoms with Gasteiger partial charge in [-0.1, -0.05) is 63.2 Å². The zero-order valence-corrected chi connectivity index (χ0v) is 25.4. The van der Waals surface area contributed by atoms with Crippen LogP contribution in [0, 0.1) is 11.3 Å². The van der Waals surface area contributed by atoms with Crippen LogP contribution in [0.15, 0.2) is 17.3 Å². The van der Waals surface area contributed by atoms with Gasteiger partial charge in [-0.25, -0.2) is 4.79 Å². The topological polar surface area (TPSA) is 127 Å². The van der Waals surface area contributed by atoms with Crippen molar-refractivity contribution in [3.63, 3.8) is 0 Å². The number of carbonyl (C=O) groups is 3. The van der Waals surface area contributed by atoms with Crippen molar-refractivity contribution in [2.75, 3.05) is 20.8 Å². The summed E-state index contributed by atoms with van der Waals surface area (Å²) in [5.41, 5.74) is -0.530. The van der Waals surface area contributed by atoms with Gasteiger partial charge in [0.05, 0.1) is 31.5 Å². The van der Waals surface area contributed by atoms with Gasteiger partial charge in [-0.3, -0.25) is 9.59 Å². The second kappa shape index (κ2) is 12.5. The number of aliphatic carboxylic acids is 1. The van der Waals surface area contributed by atoms with Gasteiger partial charge in [0.2, 0.25) is 11.8 Å². The average Bonchev–Trinajstić information content (AvgIpc) is 3.41. The molecule has 2 aliphatic heterocycles. The minimum absolute atomic E-state index is 0.0209. The quantitative estimate of drug-likeness (QED) is 0.416. The highest BCUT2D eigenvalue weighted by molar-refractivity contribution is 6.32. The number of halogens is 1. The van der Waals surface area contributed by atoms with E-state index in [9.17, 15) is 19.5 Å². The highest BCUT2D eigenvalue weighted by Gasteiger charge is 2.55. The molecule has 2 fully saturated rings. The molecule has 11 heteroatoms. The zero-order chi connectivity index (χ0) is 29.9. The average molecular weight is 592 g/mol. The summed E-state index contributed by atoms with van der Waals surface area (Å²) in [5, 5.41) is 17.7. The number of methoxy groups -OCH3 is 2. The number of ether oxygens (including phenoxy) is 2. The fraction of sp³-hybridized carbons (Fsp3) is 0.667. The lowest BCUT2D eigenvalue weighted by Crippen LogP contribution is -2.57. The number of nitrogens with one attached hydrogen (secondary N) is 1. The molecular weight excluding hydrogens is 550 g/mol. The van der Waals surface area contributed by atoms with E-state index in [1.165, 1.54) is 32.0 Å². The molecule has 1 aliphatic carbocycles. The molecule has 1 unspecified atom stereocenters. The largest absolute Gasteiger partial charge is 0.496 e. The number of oxime groups is 1. The van der Waals surface area contributed by atoms with Crippen LogP contribution >= 0.6 is 11.6 Å². The standard InChI is InChI=1S/C30H42ClN3O7/c1-29(2,3)26(32-25(35)12-18-10-8-6-7-9-11-18)27(36)34-17-30(16-22(34)28(37)38)15-21(33-41-30)19-13-20(31)24(40-5)14-23(19)39-4/h13-14,18,22,26H,6-12,15-17H2,1-5H3,(H,32,35)(H,37,38)/t22?,26-,30-/m1/s1. The molecular formula is C30H42ClN3O7. The van der Waals surface area contributed by atoms with Gasteiger partial charge in [0, 0.05) is 30.9 Å². The molecule has 2 amide bonds. The van der Waals surface area contributed by atoms with Gasteiger partial charge in [-0.2, -0.15) is 0 Å². The lowest BCUT2D eigenvalue weighted by atomic mass is 9.85. The third kappa shape index (κ3) is 6.90. The van der Waals surface area contributed by atoms with Crippen molar-refractivity contribution in [3.05, 3.63) is 22.7 Å². The van der Waals surface area contributed by atoms with Crippen molar-refractivity contribution >= 4 is 35.1 Å². The third-order valence-electron chi connectivity index (χ3n) is 8.46. The molecule has 3 atom stereocenters. The molecule has 1 saturated carbocycles. The number of hydrogen-bond acceptors (Lipinski definition) is 7. The van der Waals surface area contributed by atoms with E-state index in [0.29, 0.717) is 40.1 Å². The van der Waals surface area contributed by atoms with E-state index in [2.05, 4.69) is 10.5 Å². The summed E-state index contributed by atoms with van der Waals surface area (Å²) in [5.74, 6) is -0.499. The summed E-state index contributed by atoms with van der Waals surface area (Å²) < 4.78 is 10.8. The molecule has 1 aromatic carbocycles. The number of carbonyl (C=O) groups excluding carboxylic acids is 2. The summed E-state index contributed by atoms with van der Waals surface area (Å²) in [6, 6.07) is 1.32. The molecule has 10 nitrogen and oxygen atoms in total. The Hall–Kier alpha value is -3.01. The third-order valence-corrected chi connectivity index (χ3v) is 8.75. The number of rotatable bonds is 8. The van der Waals surface area contributed by atoms with E-state index < -0.39 is 35.0 Å². The minimum Gasteiger partial charge on any atom is -0.496 e. The van der Waals surface area contributed by atoms with Gasteiger partial charge in [0.25, 0.3) is 0 Å². The lowest BCUT2D eigenvalue weighted by Gasteiger charge is -2.35. The second-order valence-corrected chi connectivity index (χ2v) is 13.0. The maximum Gasteiger partial charge on any atom is 0.326 e. The van der Waals surface area contributed by atoms with Crippen LogP contribution in [0.2, 0.25) is 5.02 Å². The number of amides is 2. The first-order valence-electron chi connectivity index (χ1n) is 14.4. The van der Waals surface area contributed by atoms with Gasteiger partial charge < -0.3 is 29.6 Å². The molecule has 2 N–H and O–H groups in total. The van der Waals surface area contributed by atoms with Gasteiger partial charge >= 0.3 is 5.97 Å². The Morgan fingerprint density at radius 1 is 1.15 bits per heavy atom. The van der Waals surface area contributed by atoms with E-state index >= 15 is 0 Å². The van der Waals surface area contributed by atoms with Gasteiger partial charge in [-0.05, 0) is 30.2 Å². The Labute approximate surface area is 246 Å². The van der Waals surface area contributed by atoms with Crippen molar-refractivity contribution in [2.45, 2.75) is 96.2 Å². The summed E-state index contributed by atoms with van der Waals surface area (Å²) in [4.78, 5) is 46.7. The highest BCUT2D eigenvalue weighted by atomic mass is 35.5. The van der Waals surface area contributed by atoms with Crippen LogP contribution in [-0.2, 0) is 19.2 Å². The molecule has 3 aliphatic rings. The molecule has 226 valence electrons. The van der Waals surface area contributed by atoms with Crippen LogP contribution in [0.4, 0.5) is 0 Å². The number of benzene rings is 1. The fourth-order valence-corrected chi connectivity index (χ4v) is 6.45. The monoisotopic (exact) mass is 591 g/mol. The Kier molecular flexibility index (Phi) is 9.41. The van der Waals surface area contributed by atoms with Crippen molar-refractivity contribution in [2.24, 2.45) is 16.5 Å². The number of nitrogens with zero attached hydrogens (tertiary/aromatic N) is 2. The van der Waals surface area contributed by atoms with Crippen molar-refractivity contribution in [1.29, 1.82) is 0 Å². The predicted octanol–water partition coefficient (Wildman–Crippen LogP) is 4.80. The summed E-state index contributed by atoms with van der Waals surface area (Å²) in [6.45, 7) is 5.63. The van der Waals surface area contributed by atoms with Crippen LogP contribution in [0.3, 0.4) is 0 Å². The van der Waals surface area contributed by atoms with Crippen molar-refractivity contribution < 1.29 is 33.8 Å². The summed E-state index contributed by atoms with van der Waals surface area (Å²) in [7, 11) is 3.03. The van der Waals surface area contributed by atoms with E-state index in [-0.39, 0.29) is 25.3 Å². The molecule has 1 aromatic rings. The molecule has 1 saturated heterocycles. The van der Waals surface area contributed by atoms with Crippen LogP contribution < -0.4 is 14.8 Å². The number of carboxylic acid groups (broad SMARTS) is 1. The first kappa shape index (κ1) is 30.9. The van der Waals surface area contributed by atoms with Crippen LogP contribution in [-0.4, -0.2) is 72.0 Å². The number of carboxylic acids is 1. The first-order valence-corrected chi connectivity index (χ1v) is 14.7. The maximum absolute atomic E-state index is 14.0. The normalized spacial score (nSPS) is 23.9. The number of likely N-dealkylation sites (tertiary alicyclic amines) is 1. The Morgan fingerprint density at radius 2 is 1.80 bits per heavy atom. The molecule has 1 spiro atoms. The SMILES string of the molecule is COc1cc(OC)c(C2=NO[C@]3(C2)CC(C(=O)O)N(C(=O)[C@@H](NC(=O)CC2CCCCCC2)C(C)(C)C)C3)cc1Cl. The smallest absolute Gasteiger partial charge is 0.326 e.